The van der Waals surface area contributed by atoms with E-state index in [-0.39, 0.29) is 19.2 Å². The quantitative estimate of drug-likeness (QED) is 0.419. The third kappa shape index (κ3) is 4.82. The highest BCUT2D eigenvalue weighted by molar-refractivity contribution is 5.73. The van der Waals surface area contributed by atoms with E-state index in [1.807, 2.05) is 6.92 Å². The van der Waals surface area contributed by atoms with Crippen LogP contribution in [0.15, 0.2) is 0 Å². The summed E-state index contributed by atoms with van der Waals surface area (Å²) in [7, 11) is 0. The van der Waals surface area contributed by atoms with Crippen molar-refractivity contribution in [1.82, 2.24) is 5.32 Å². The number of nitrogens with one attached hydrogen (secondary N) is 1. The van der Waals surface area contributed by atoms with Gasteiger partial charge in [0.15, 0.2) is 0 Å². The number of nitrogens with two attached hydrogens (primary N) is 1. The Balaban J connectivity index is 3.95. The molecule has 0 aliphatic heterocycles. The van der Waals surface area contributed by atoms with Gasteiger partial charge in [0.2, 0.25) is 0 Å². The lowest BCUT2D eigenvalue weighted by Gasteiger charge is -2.20. The van der Waals surface area contributed by atoms with Crippen LogP contribution in [-0.2, 0) is 4.79 Å². The molecule has 2 atom stereocenters. The molecule has 0 heterocycles. The van der Waals surface area contributed by atoms with Gasteiger partial charge in [-0.2, -0.15) is 0 Å². The number of aliphatic carboxylic acids is 1. The molecular weight excluding hydrogens is 172 g/mol. The molecule has 5 nitrogen and oxygen atoms in total. The molecule has 0 aromatic rings. The minimum atomic E-state index is -0.945. The molecule has 0 aromatic carbocycles. The van der Waals surface area contributed by atoms with Crippen molar-refractivity contribution in [1.29, 1.82) is 0 Å². The van der Waals surface area contributed by atoms with Crippen molar-refractivity contribution in [2.24, 2.45) is 5.73 Å². The number of hydrogen-bond donors (Lipinski definition) is 4. The molecule has 5 N–H and O–H groups in total. The first-order valence-corrected chi connectivity index (χ1v) is 4.45. The fourth-order valence-corrected chi connectivity index (χ4v) is 1.09. The fraction of sp³-hybridized carbons (Fsp3) is 0.875. The van der Waals surface area contributed by atoms with Gasteiger partial charge in [-0.1, -0.05) is 6.92 Å². The predicted octanol–water partition coefficient (Wildman–Crippen LogP) is -0.851. The lowest BCUT2D eigenvalue weighted by atomic mass is 10.1. The van der Waals surface area contributed by atoms with E-state index in [9.17, 15) is 4.79 Å². The normalized spacial score (nSPS) is 15.3. The molecule has 78 valence electrons. The highest BCUT2D eigenvalue weighted by atomic mass is 16.4. The number of aliphatic hydroxyl groups excluding tert-OH is 1. The summed E-state index contributed by atoms with van der Waals surface area (Å²) in [5, 5.41) is 20.2. The van der Waals surface area contributed by atoms with Crippen LogP contribution in [0.1, 0.15) is 19.8 Å². The van der Waals surface area contributed by atoms with Gasteiger partial charge in [0.05, 0.1) is 0 Å². The van der Waals surface area contributed by atoms with Crippen molar-refractivity contribution < 1.29 is 15.0 Å². The Bertz CT molecular complexity index is 152. The van der Waals surface area contributed by atoms with Gasteiger partial charge in [0.25, 0.3) is 0 Å². The number of aliphatic hydroxyl groups is 1. The molecule has 0 bridgehead atoms. The van der Waals surface area contributed by atoms with Gasteiger partial charge in [0, 0.05) is 19.2 Å². The molecule has 0 spiro atoms. The third-order valence-corrected chi connectivity index (χ3v) is 1.94. The molecule has 0 rings (SSSR count). The van der Waals surface area contributed by atoms with Gasteiger partial charge in [-0.15, -0.1) is 0 Å². The van der Waals surface area contributed by atoms with Crippen molar-refractivity contribution in [2.75, 3.05) is 13.2 Å². The predicted molar refractivity (Wildman–Crippen MR) is 49.4 cm³/mol. The number of rotatable bonds is 7. The van der Waals surface area contributed by atoms with Gasteiger partial charge in [0.1, 0.15) is 6.04 Å². The Labute approximate surface area is 77.9 Å². The molecule has 2 unspecified atom stereocenters. The van der Waals surface area contributed by atoms with Crippen LogP contribution in [0.3, 0.4) is 0 Å². The van der Waals surface area contributed by atoms with Crippen molar-refractivity contribution in [2.45, 2.75) is 31.8 Å². The van der Waals surface area contributed by atoms with E-state index in [2.05, 4.69) is 5.32 Å². The maximum absolute atomic E-state index is 10.6. The second-order valence-electron chi connectivity index (χ2n) is 2.91. The maximum atomic E-state index is 10.6. The average molecular weight is 190 g/mol. The molecule has 0 radical (unpaired) electrons. The summed E-state index contributed by atoms with van der Waals surface area (Å²) in [6, 6.07) is -0.689. The van der Waals surface area contributed by atoms with E-state index in [4.69, 9.17) is 15.9 Å². The molecule has 0 aromatic heterocycles. The summed E-state index contributed by atoms with van der Waals surface area (Å²) in [4.78, 5) is 10.6. The van der Waals surface area contributed by atoms with E-state index in [0.29, 0.717) is 6.42 Å². The van der Waals surface area contributed by atoms with Crippen LogP contribution >= 0.6 is 0 Å². The van der Waals surface area contributed by atoms with Crippen LogP contribution < -0.4 is 11.1 Å². The van der Waals surface area contributed by atoms with Crippen LogP contribution in [-0.4, -0.2) is 41.4 Å². The molecule has 0 saturated carbocycles. The molecule has 0 saturated heterocycles. The summed E-state index contributed by atoms with van der Waals surface area (Å²) in [6.45, 7) is 2.06. The molecule has 0 amide bonds. The van der Waals surface area contributed by atoms with E-state index >= 15 is 0 Å². The summed E-state index contributed by atoms with van der Waals surface area (Å²) in [5.74, 6) is -0.945. The van der Waals surface area contributed by atoms with Crippen LogP contribution in [0.2, 0.25) is 0 Å². The molecule has 0 aliphatic rings. The minimum Gasteiger partial charge on any atom is -0.480 e. The Morgan fingerprint density at radius 3 is 2.54 bits per heavy atom. The fourth-order valence-electron chi connectivity index (χ4n) is 1.09. The van der Waals surface area contributed by atoms with Gasteiger partial charge in [-0.25, -0.2) is 0 Å². The van der Waals surface area contributed by atoms with Crippen molar-refractivity contribution in [3.63, 3.8) is 0 Å². The summed E-state index contributed by atoms with van der Waals surface area (Å²) in [6.07, 6.45) is 1.34. The van der Waals surface area contributed by atoms with Crippen LogP contribution in [0.4, 0.5) is 0 Å². The lowest BCUT2D eigenvalue weighted by molar-refractivity contribution is -0.139. The number of hydrogen-bond acceptors (Lipinski definition) is 4. The van der Waals surface area contributed by atoms with Gasteiger partial charge in [-0.3, -0.25) is 4.79 Å². The second kappa shape index (κ2) is 6.82. The molecule has 13 heavy (non-hydrogen) atoms. The minimum absolute atomic E-state index is 0.0228. The summed E-state index contributed by atoms with van der Waals surface area (Å²) in [5.41, 5.74) is 5.27. The van der Waals surface area contributed by atoms with Crippen molar-refractivity contribution in [3.8, 4) is 0 Å². The topological polar surface area (TPSA) is 95.6 Å². The molecule has 0 fully saturated rings. The van der Waals surface area contributed by atoms with Crippen LogP contribution in [0.25, 0.3) is 0 Å². The van der Waals surface area contributed by atoms with Crippen molar-refractivity contribution >= 4 is 5.97 Å². The Kier molecular flexibility index (Phi) is 6.48. The van der Waals surface area contributed by atoms with Gasteiger partial charge < -0.3 is 21.3 Å². The molecule has 0 aliphatic carbocycles. The lowest BCUT2D eigenvalue weighted by Crippen LogP contribution is -2.47. The zero-order valence-electron chi connectivity index (χ0n) is 7.86. The monoisotopic (exact) mass is 190 g/mol. The first-order chi connectivity index (χ1) is 6.15. The largest absolute Gasteiger partial charge is 0.480 e. The van der Waals surface area contributed by atoms with Crippen LogP contribution in [0.5, 0.6) is 0 Å². The highest BCUT2D eigenvalue weighted by Crippen LogP contribution is 1.98. The summed E-state index contributed by atoms with van der Waals surface area (Å²) < 4.78 is 0. The zero-order valence-corrected chi connectivity index (χ0v) is 7.86. The molecule has 5 heteroatoms. The van der Waals surface area contributed by atoms with E-state index < -0.39 is 12.0 Å². The first kappa shape index (κ1) is 12.3. The van der Waals surface area contributed by atoms with E-state index in [0.717, 1.165) is 6.42 Å². The van der Waals surface area contributed by atoms with Gasteiger partial charge in [-0.05, 0) is 12.8 Å². The standard InChI is InChI=1S/C8H18N2O3/c1-2-6(3-4-11)10-7(5-9)8(12)13/h6-7,10-11H,2-5,9H2,1H3,(H,12,13). The summed E-state index contributed by atoms with van der Waals surface area (Å²) >= 11 is 0. The van der Waals surface area contributed by atoms with Crippen LogP contribution in [0, 0.1) is 0 Å². The van der Waals surface area contributed by atoms with Gasteiger partial charge >= 0.3 is 5.97 Å². The maximum Gasteiger partial charge on any atom is 0.322 e. The average Bonchev–Trinajstić information content (AvgIpc) is 2.11. The Morgan fingerprint density at radius 1 is 1.62 bits per heavy atom. The Hall–Kier alpha value is -0.650. The smallest absolute Gasteiger partial charge is 0.322 e. The highest BCUT2D eigenvalue weighted by Gasteiger charge is 2.18. The van der Waals surface area contributed by atoms with Crippen molar-refractivity contribution in [3.05, 3.63) is 0 Å². The SMILES string of the molecule is CCC(CCO)NC(CN)C(=O)O. The third-order valence-electron chi connectivity index (χ3n) is 1.94. The van der Waals surface area contributed by atoms with E-state index in [1.54, 1.807) is 0 Å². The number of carboxylic acid groups (broad SMARTS) is 1. The first-order valence-electron chi connectivity index (χ1n) is 4.45. The Morgan fingerprint density at radius 2 is 2.23 bits per heavy atom. The second-order valence-corrected chi connectivity index (χ2v) is 2.91. The van der Waals surface area contributed by atoms with E-state index in [1.165, 1.54) is 0 Å². The molecular formula is C8H18N2O3. The number of carboxylic acids is 1. The number of carbonyl (C=O) groups is 1. The zero-order chi connectivity index (χ0) is 10.3.